The van der Waals surface area contributed by atoms with Crippen LogP contribution in [0.15, 0.2) is 48.5 Å². The fourth-order valence-electron chi connectivity index (χ4n) is 2.06. The molecule has 0 saturated heterocycles. The van der Waals surface area contributed by atoms with Crippen LogP contribution in [-0.4, -0.2) is 18.4 Å². The summed E-state index contributed by atoms with van der Waals surface area (Å²) in [4.78, 5) is 23.7. The van der Waals surface area contributed by atoms with E-state index in [2.05, 4.69) is 10.9 Å². The average Bonchev–Trinajstić information content (AvgIpc) is 2.55. The predicted octanol–water partition coefficient (Wildman–Crippen LogP) is 2.53. The molecule has 0 aromatic heterocycles. The van der Waals surface area contributed by atoms with Crippen LogP contribution in [0.4, 0.5) is 0 Å². The van der Waals surface area contributed by atoms with Gasteiger partial charge in [0, 0.05) is 5.56 Å². The van der Waals surface area contributed by atoms with Gasteiger partial charge >= 0.3 is 0 Å². The van der Waals surface area contributed by atoms with Crippen LogP contribution in [0.2, 0.25) is 0 Å². The van der Waals surface area contributed by atoms with Gasteiger partial charge in [0.1, 0.15) is 5.75 Å². The number of hydrogen-bond acceptors (Lipinski definition) is 3. The zero-order valence-corrected chi connectivity index (χ0v) is 13.3. The number of hydrogen-bond donors (Lipinski definition) is 2. The number of aryl methyl sites for hydroxylation is 2. The third-order valence-corrected chi connectivity index (χ3v) is 3.39. The molecule has 5 heteroatoms. The van der Waals surface area contributed by atoms with Gasteiger partial charge < -0.3 is 4.74 Å². The summed E-state index contributed by atoms with van der Waals surface area (Å²) in [5, 5.41) is 0. The Morgan fingerprint density at radius 3 is 2.26 bits per heavy atom. The molecule has 0 aliphatic rings. The van der Waals surface area contributed by atoms with E-state index in [1.807, 2.05) is 50.2 Å². The predicted molar refractivity (Wildman–Crippen MR) is 88.1 cm³/mol. The highest BCUT2D eigenvalue weighted by molar-refractivity contribution is 5.96. The van der Waals surface area contributed by atoms with E-state index in [0.717, 1.165) is 16.9 Å². The van der Waals surface area contributed by atoms with Crippen LogP contribution >= 0.6 is 0 Å². The lowest BCUT2D eigenvalue weighted by molar-refractivity contribution is -0.122. The number of amides is 2. The summed E-state index contributed by atoms with van der Waals surface area (Å²) in [5.74, 6) is 0.112. The Balaban J connectivity index is 1.74. The molecule has 0 aliphatic carbocycles. The molecule has 0 spiro atoms. The van der Waals surface area contributed by atoms with Gasteiger partial charge in [-0.2, -0.15) is 0 Å². The third-order valence-electron chi connectivity index (χ3n) is 3.39. The molecule has 0 radical (unpaired) electrons. The maximum atomic E-state index is 12.0. The molecule has 0 unspecified atom stereocenters. The van der Waals surface area contributed by atoms with Crippen LogP contribution in [-0.2, 0) is 4.79 Å². The van der Waals surface area contributed by atoms with Crippen LogP contribution in [0.1, 0.15) is 27.9 Å². The van der Waals surface area contributed by atoms with Crippen molar-refractivity contribution in [2.45, 2.75) is 20.3 Å². The van der Waals surface area contributed by atoms with Crippen molar-refractivity contribution in [1.82, 2.24) is 10.9 Å². The van der Waals surface area contributed by atoms with Crippen LogP contribution in [0.5, 0.6) is 5.75 Å². The zero-order valence-electron chi connectivity index (χ0n) is 13.3. The molecular weight excluding hydrogens is 292 g/mol. The third kappa shape index (κ3) is 4.85. The van der Waals surface area contributed by atoms with Crippen LogP contribution in [0.25, 0.3) is 0 Å². The highest BCUT2D eigenvalue weighted by Gasteiger charge is 2.09. The number of hydrazine groups is 1. The summed E-state index contributed by atoms with van der Waals surface area (Å²) >= 11 is 0. The van der Waals surface area contributed by atoms with Crippen molar-refractivity contribution in [3.63, 3.8) is 0 Å². The first-order valence-electron chi connectivity index (χ1n) is 7.41. The lowest BCUT2D eigenvalue weighted by atomic mass is 10.1. The second-order valence-corrected chi connectivity index (χ2v) is 5.18. The van der Waals surface area contributed by atoms with E-state index >= 15 is 0 Å². The van der Waals surface area contributed by atoms with Crippen LogP contribution in [0, 0.1) is 13.8 Å². The second kappa shape index (κ2) is 7.98. The highest BCUT2D eigenvalue weighted by Crippen LogP contribution is 2.16. The van der Waals surface area contributed by atoms with E-state index in [1.165, 1.54) is 0 Å². The summed E-state index contributed by atoms with van der Waals surface area (Å²) in [7, 11) is 0. The molecule has 120 valence electrons. The monoisotopic (exact) mass is 312 g/mol. The number of benzene rings is 2. The van der Waals surface area contributed by atoms with Gasteiger partial charge in [-0.25, -0.2) is 0 Å². The number of rotatable bonds is 5. The Bertz CT molecular complexity index is 698. The molecule has 2 rings (SSSR count). The Kier molecular flexibility index (Phi) is 5.74. The van der Waals surface area contributed by atoms with Crippen molar-refractivity contribution in [3.8, 4) is 5.75 Å². The number of ether oxygens (including phenoxy) is 1. The number of carbonyl (C=O) groups is 2. The largest absolute Gasteiger partial charge is 0.493 e. The van der Waals surface area contributed by atoms with Crippen LogP contribution < -0.4 is 15.6 Å². The van der Waals surface area contributed by atoms with Gasteiger partial charge in [0.05, 0.1) is 13.0 Å². The van der Waals surface area contributed by atoms with E-state index in [9.17, 15) is 9.59 Å². The molecule has 2 aromatic carbocycles. The van der Waals surface area contributed by atoms with E-state index < -0.39 is 0 Å². The number of para-hydroxylation sites is 1. The summed E-state index contributed by atoms with van der Waals surface area (Å²) in [5.41, 5.74) is 7.19. The average molecular weight is 312 g/mol. The van der Waals surface area contributed by atoms with Crippen molar-refractivity contribution in [2.24, 2.45) is 0 Å². The minimum atomic E-state index is -0.337. The van der Waals surface area contributed by atoms with E-state index in [-0.39, 0.29) is 24.8 Å². The summed E-state index contributed by atoms with van der Waals surface area (Å²) in [6, 6.07) is 14.8. The topological polar surface area (TPSA) is 67.4 Å². The summed E-state index contributed by atoms with van der Waals surface area (Å²) in [6.45, 7) is 4.03. The lowest BCUT2D eigenvalue weighted by Crippen LogP contribution is -2.42. The van der Waals surface area contributed by atoms with E-state index in [4.69, 9.17) is 4.74 Å². The number of carbonyl (C=O) groups excluding carboxylic acids is 2. The second-order valence-electron chi connectivity index (χ2n) is 5.18. The standard InChI is InChI=1S/C18H20N2O3/c1-13-7-3-5-9-15(13)18(22)20-19-17(21)11-12-23-16-10-6-4-8-14(16)2/h3-10H,11-12H2,1-2H3,(H,19,21)(H,20,22). The van der Waals surface area contributed by atoms with Crippen molar-refractivity contribution in [3.05, 3.63) is 65.2 Å². The molecular formula is C18H20N2O3. The van der Waals surface area contributed by atoms with Gasteiger partial charge in [0.2, 0.25) is 5.91 Å². The normalized spacial score (nSPS) is 10.0. The van der Waals surface area contributed by atoms with Gasteiger partial charge in [0.25, 0.3) is 5.91 Å². The minimum Gasteiger partial charge on any atom is -0.493 e. The molecule has 0 heterocycles. The smallest absolute Gasteiger partial charge is 0.269 e. The zero-order chi connectivity index (χ0) is 16.7. The molecule has 23 heavy (non-hydrogen) atoms. The Labute approximate surface area is 135 Å². The van der Waals surface area contributed by atoms with Crippen molar-refractivity contribution < 1.29 is 14.3 Å². The molecule has 0 aliphatic heterocycles. The van der Waals surface area contributed by atoms with Crippen molar-refractivity contribution in [2.75, 3.05) is 6.61 Å². The van der Waals surface area contributed by atoms with E-state index in [1.54, 1.807) is 12.1 Å². The van der Waals surface area contributed by atoms with Gasteiger partial charge in [-0.05, 0) is 37.1 Å². The molecule has 0 saturated carbocycles. The van der Waals surface area contributed by atoms with Gasteiger partial charge in [-0.15, -0.1) is 0 Å². The fourth-order valence-corrected chi connectivity index (χ4v) is 2.06. The first-order valence-corrected chi connectivity index (χ1v) is 7.41. The molecule has 2 amide bonds. The van der Waals surface area contributed by atoms with Crippen molar-refractivity contribution >= 4 is 11.8 Å². The molecule has 2 N–H and O–H groups in total. The fraction of sp³-hybridized carbons (Fsp3) is 0.222. The molecule has 0 fully saturated rings. The Hall–Kier alpha value is -2.82. The summed E-state index contributed by atoms with van der Waals surface area (Å²) in [6.07, 6.45) is 0.155. The molecule has 0 bridgehead atoms. The SMILES string of the molecule is Cc1ccccc1OCCC(=O)NNC(=O)c1ccccc1C. The van der Waals surface area contributed by atoms with E-state index in [0.29, 0.717) is 5.56 Å². The number of nitrogens with one attached hydrogen (secondary N) is 2. The van der Waals surface area contributed by atoms with Gasteiger partial charge in [0.15, 0.2) is 0 Å². The lowest BCUT2D eigenvalue weighted by Gasteiger charge is -2.10. The minimum absolute atomic E-state index is 0.155. The Morgan fingerprint density at radius 1 is 0.913 bits per heavy atom. The maximum Gasteiger partial charge on any atom is 0.269 e. The summed E-state index contributed by atoms with van der Waals surface area (Å²) < 4.78 is 5.54. The first kappa shape index (κ1) is 16.5. The van der Waals surface area contributed by atoms with Gasteiger partial charge in [-0.3, -0.25) is 20.4 Å². The molecule has 2 aromatic rings. The van der Waals surface area contributed by atoms with Crippen LogP contribution in [0.3, 0.4) is 0 Å². The quantitative estimate of drug-likeness (QED) is 0.834. The van der Waals surface area contributed by atoms with Gasteiger partial charge in [-0.1, -0.05) is 36.4 Å². The maximum absolute atomic E-state index is 12.0. The Morgan fingerprint density at radius 2 is 1.57 bits per heavy atom. The molecule has 0 atom stereocenters. The first-order chi connectivity index (χ1) is 11.1. The highest BCUT2D eigenvalue weighted by atomic mass is 16.5. The van der Waals surface area contributed by atoms with Crippen molar-refractivity contribution in [1.29, 1.82) is 0 Å². The molecule has 5 nitrogen and oxygen atoms in total.